The van der Waals surface area contributed by atoms with Gasteiger partial charge in [0.05, 0.1) is 0 Å². The van der Waals surface area contributed by atoms with Gasteiger partial charge in [0.15, 0.2) is 0 Å². The van der Waals surface area contributed by atoms with E-state index in [2.05, 4.69) is 15.7 Å². The number of hydrogen-bond donors (Lipinski definition) is 3. The van der Waals surface area contributed by atoms with E-state index in [-0.39, 0.29) is 17.3 Å². The number of aliphatic carboxylic acids is 1. The highest BCUT2D eigenvalue weighted by Crippen LogP contribution is 2.28. The van der Waals surface area contributed by atoms with Gasteiger partial charge in [-0.3, -0.25) is 19.2 Å². The molecule has 120 valence electrons. The van der Waals surface area contributed by atoms with Gasteiger partial charge in [0.1, 0.15) is 17.1 Å². The lowest BCUT2D eigenvalue weighted by Gasteiger charge is -2.09. The molecule has 0 bridgehead atoms. The van der Waals surface area contributed by atoms with Crippen LogP contribution in [0.5, 0.6) is 0 Å². The number of carbonyl (C=O) groups is 2. The summed E-state index contributed by atoms with van der Waals surface area (Å²) in [7, 11) is -3.23. The van der Waals surface area contributed by atoms with Crippen LogP contribution in [0.4, 0.5) is 11.4 Å². The first-order valence-electron chi connectivity index (χ1n) is 5.83. The average molecular weight is 330 g/mol. The number of carbonyl (C=O) groups excluding carboxylic acids is 1. The minimum absolute atomic E-state index is 0.244. The zero-order valence-corrected chi connectivity index (χ0v) is 12.5. The van der Waals surface area contributed by atoms with Crippen molar-refractivity contribution in [1.82, 2.24) is 5.01 Å². The lowest BCUT2D eigenvalue weighted by molar-refractivity contribution is -0.138. The van der Waals surface area contributed by atoms with Crippen LogP contribution in [-0.2, 0) is 19.7 Å². The third-order valence-corrected chi connectivity index (χ3v) is 3.13. The predicted molar refractivity (Wildman–Crippen MR) is 75.3 cm³/mol. The summed E-state index contributed by atoms with van der Waals surface area (Å²) < 4.78 is 31.7. The molecular weight excluding hydrogens is 316 g/mol. The van der Waals surface area contributed by atoms with E-state index in [9.17, 15) is 18.0 Å². The molecule has 1 aromatic carbocycles. The maximum absolute atomic E-state index is 11.3. The molecule has 0 unspecified atom stereocenters. The van der Waals surface area contributed by atoms with Crippen LogP contribution in [0.1, 0.15) is 6.92 Å². The van der Waals surface area contributed by atoms with Crippen molar-refractivity contribution in [1.29, 1.82) is 0 Å². The van der Waals surface area contributed by atoms with Crippen molar-refractivity contribution in [3.8, 4) is 0 Å². The highest BCUT2D eigenvalue weighted by atomic mass is 32.2. The molecule has 0 aliphatic heterocycles. The second-order valence-electron chi connectivity index (χ2n) is 4.24. The Morgan fingerprint density at radius 2 is 2.00 bits per heavy atom. The van der Waals surface area contributed by atoms with Crippen molar-refractivity contribution in [2.24, 2.45) is 10.3 Å². The maximum atomic E-state index is 11.3. The fraction of sp³-hybridized carbons (Fsp3) is 0.273. The molecule has 1 rings (SSSR count). The first kappa shape index (κ1) is 17.5. The number of likely N-dealkylation sites (N-methyl/N-ethyl adjacent to an activating group) is 1. The van der Waals surface area contributed by atoms with E-state index in [0.29, 0.717) is 0 Å². The zero-order valence-electron chi connectivity index (χ0n) is 11.7. The predicted octanol–water partition coefficient (Wildman–Crippen LogP) is 0.907. The smallest absolute Gasteiger partial charge is 0.324 e. The Labute approximate surface area is 126 Å². The molecule has 11 heteroatoms. The van der Waals surface area contributed by atoms with Gasteiger partial charge in [0.2, 0.25) is 5.91 Å². The number of benzene rings is 1. The molecule has 1 aromatic rings. The number of amides is 1. The van der Waals surface area contributed by atoms with Crippen molar-refractivity contribution in [3.63, 3.8) is 0 Å². The van der Waals surface area contributed by atoms with Crippen LogP contribution in [0.25, 0.3) is 0 Å². The quantitative estimate of drug-likeness (QED) is 0.398. The first-order chi connectivity index (χ1) is 10.1. The Morgan fingerprint density at radius 1 is 1.36 bits per heavy atom. The molecule has 22 heavy (non-hydrogen) atoms. The molecule has 10 nitrogen and oxygen atoms in total. The van der Waals surface area contributed by atoms with Crippen molar-refractivity contribution >= 4 is 33.4 Å². The highest BCUT2D eigenvalue weighted by Gasteiger charge is 2.16. The average Bonchev–Trinajstić information content (AvgIpc) is 2.33. The lowest BCUT2D eigenvalue weighted by atomic mass is 10.3. The number of carboxylic acids is 1. The van der Waals surface area contributed by atoms with Crippen LogP contribution in [0.15, 0.2) is 33.4 Å². The number of nitrogens with one attached hydrogen (secondary N) is 1. The van der Waals surface area contributed by atoms with Gasteiger partial charge in [0, 0.05) is 19.7 Å². The fourth-order valence-electron chi connectivity index (χ4n) is 1.45. The van der Waals surface area contributed by atoms with Gasteiger partial charge in [-0.1, -0.05) is 5.22 Å². The highest BCUT2D eigenvalue weighted by molar-refractivity contribution is 7.86. The number of rotatable bonds is 6. The van der Waals surface area contributed by atoms with Gasteiger partial charge >= 0.3 is 5.97 Å². The first-order valence-corrected chi connectivity index (χ1v) is 7.27. The van der Waals surface area contributed by atoms with E-state index < -0.39 is 27.5 Å². The van der Waals surface area contributed by atoms with Gasteiger partial charge in [0.25, 0.3) is 10.1 Å². The van der Waals surface area contributed by atoms with Crippen molar-refractivity contribution in [2.75, 3.05) is 18.9 Å². The molecule has 0 fully saturated rings. The molecule has 0 radical (unpaired) electrons. The van der Waals surface area contributed by atoms with E-state index in [4.69, 9.17) is 9.66 Å². The van der Waals surface area contributed by atoms with Crippen LogP contribution >= 0.6 is 0 Å². The molecule has 0 aromatic heterocycles. The Kier molecular flexibility index (Phi) is 5.54. The molecule has 0 aliphatic rings. The molecule has 0 heterocycles. The van der Waals surface area contributed by atoms with Crippen LogP contribution in [0.3, 0.4) is 0 Å². The Balaban J connectivity index is 3.19. The fourth-order valence-corrected chi connectivity index (χ4v) is 2.05. The summed E-state index contributed by atoms with van der Waals surface area (Å²) in [6, 6.07) is 3.50. The summed E-state index contributed by atoms with van der Waals surface area (Å²) in [6.45, 7) is 0.814. The summed E-state index contributed by atoms with van der Waals surface area (Å²) >= 11 is 0. The third kappa shape index (κ3) is 5.46. The minimum atomic E-state index is -4.55. The van der Waals surface area contributed by atoms with Crippen LogP contribution in [0.2, 0.25) is 0 Å². The molecule has 0 spiro atoms. The Hall–Kier alpha value is -2.53. The second-order valence-corrected chi connectivity index (χ2v) is 5.63. The molecule has 3 N–H and O–H groups in total. The van der Waals surface area contributed by atoms with E-state index >= 15 is 0 Å². The van der Waals surface area contributed by atoms with E-state index in [1.165, 1.54) is 26.1 Å². The normalized spacial score (nSPS) is 11.4. The van der Waals surface area contributed by atoms with Crippen LogP contribution in [0, 0.1) is 0 Å². The summed E-state index contributed by atoms with van der Waals surface area (Å²) in [4.78, 5) is 21.0. The number of nitrogens with zero attached hydrogens (tertiary/aromatic N) is 3. The van der Waals surface area contributed by atoms with Crippen LogP contribution < -0.4 is 5.32 Å². The molecule has 0 atom stereocenters. The van der Waals surface area contributed by atoms with E-state index in [1.807, 2.05) is 0 Å². The SMILES string of the molecule is CC(=O)Nc1ccc(S(=O)(=O)O)c(/N=N/N(C)CC(=O)O)c1. The summed E-state index contributed by atoms with van der Waals surface area (Å²) in [6.07, 6.45) is 0. The third-order valence-electron chi connectivity index (χ3n) is 2.23. The van der Waals surface area contributed by atoms with E-state index in [1.54, 1.807) is 0 Å². The summed E-state index contributed by atoms with van der Waals surface area (Å²) in [5.41, 5.74) is 0.000673. The number of carboxylic acid groups (broad SMARTS) is 1. The summed E-state index contributed by atoms with van der Waals surface area (Å²) in [5, 5.41) is 19.1. The van der Waals surface area contributed by atoms with Crippen molar-refractivity contribution in [2.45, 2.75) is 11.8 Å². The van der Waals surface area contributed by atoms with Crippen molar-refractivity contribution < 1.29 is 27.7 Å². The van der Waals surface area contributed by atoms with Gasteiger partial charge in [-0.2, -0.15) is 8.42 Å². The van der Waals surface area contributed by atoms with Gasteiger partial charge < -0.3 is 10.4 Å². The topological polar surface area (TPSA) is 149 Å². The zero-order chi connectivity index (χ0) is 16.9. The second kappa shape index (κ2) is 6.95. The van der Waals surface area contributed by atoms with Gasteiger partial charge in [-0.05, 0) is 18.2 Å². The molecule has 1 amide bonds. The molecular formula is C11H14N4O6S. The number of hydrogen-bond acceptors (Lipinski definition) is 6. The number of anilines is 1. The molecule has 0 saturated carbocycles. The molecule has 0 saturated heterocycles. The van der Waals surface area contributed by atoms with Gasteiger partial charge in [-0.15, -0.1) is 5.11 Å². The van der Waals surface area contributed by atoms with Crippen LogP contribution in [-0.4, -0.2) is 48.6 Å². The molecule has 0 aliphatic carbocycles. The van der Waals surface area contributed by atoms with Gasteiger partial charge in [-0.25, -0.2) is 0 Å². The Morgan fingerprint density at radius 3 is 2.50 bits per heavy atom. The maximum Gasteiger partial charge on any atom is 0.324 e. The monoisotopic (exact) mass is 330 g/mol. The van der Waals surface area contributed by atoms with E-state index in [0.717, 1.165) is 11.1 Å². The summed E-state index contributed by atoms with van der Waals surface area (Å²) in [5.74, 6) is -1.53. The standard InChI is InChI=1S/C11H14N4O6S/c1-7(16)12-8-3-4-10(22(19,20)21)9(5-8)13-14-15(2)6-11(17)18/h3-5H,6H2,1-2H3,(H,12,16)(H,17,18)(H,19,20,21)/b14-13+. The minimum Gasteiger partial charge on any atom is -0.480 e. The largest absolute Gasteiger partial charge is 0.480 e. The Bertz CT molecular complexity index is 715. The lowest BCUT2D eigenvalue weighted by Crippen LogP contribution is -2.19. The van der Waals surface area contributed by atoms with Crippen molar-refractivity contribution in [3.05, 3.63) is 18.2 Å².